The molecule has 0 unspecified atom stereocenters. The molecule has 4 nitrogen and oxygen atoms in total. The van der Waals surface area contributed by atoms with E-state index in [9.17, 15) is 9.59 Å². The zero-order valence-corrected chi connectivity index (χ0v) is 12.4. The number of carbonyl (C=O) groups is 2. The highest BCUT2D eigenvalue weighted by Gasteiger charge is 2.21. The minimum Gasteiger partial charge on any atom is -0.544 e. The summed E-state index contributed by atoms with van der Waals surface area (Å²) in [6, 6.07) is 4.74. The van der Waals surface area contributed by atoms with Crippen LogP contribution in [0.25, 0.3) is 0 Å². The van der Waals surface area contributed by atoms with Crippen molar-refractivity contribution in [3.63, 3.8) is 0 Å². The Bertz CT molecular complexity index is 474. The summed E-state index contributed by atoms with van der Waals surface area (Å²) in [4.78, 5) is 23.0. The van der Waals surface area contributed by atoms with E-state index in [2.05, 4.69) is 4.74 Å². The lowest BCUT2D eigenvalue weighted by Gasteiger charge is -2.21. The van der Waals surface area contributed by atoms with E-state index in [1.807, 2.05) is 19.6 Å². The second kappa shape index (κ2) is 5.35. The standard InChI is InChI=1S/C13H18O4Si/c1-9(14)11-7-6-10(13(15)16-2)8-12(11)17-18(3,4)5/h6-8H,1-5H3. The predicted octanol–water partition coefficient (Wildman–Crippen LogP) is 2.89. The molecule has 5 heteroatoms. The molecule has 0 radical (unpaired) electrons. The summed E-state index contributed by atoms with van der Waals surface area (Å²) in [7, 11) is -0.528. The Hall–Kier alpha value is -1.62. The molecule has 0 saturated carbocycles. The Morgan fingerprint density at radius 2 is 1.78 bits per heavy atom. The normalized spacial score (nSPS) is 10.9. The lowest BCUT2D eigenvalue weighted by Crippen LogP contribution is -2.30. The van der Waals surface area contributed by atoms with Crippen molar-refractivity contribution >= 4 is 20.1 Å². The summed E-state index contributed by atoms with van der Waals surface area (Å²) >= 11 is 0. The van der Waals surface area contributed by atoms with E-state index >= 15 is 0 Å². The van der Waals surface area contributed by atoms with Crippen LogP contribution in [0.3, 0.4) is 0 Å². The first kappa shape index (κ1) is 14.4. The largest absolute Gasteiger partial charge is 0.544 e. The molecule has 0 aromatic heterocycles. The Labute approximate surface area is 108 Å². The van der Waals surface area contributed by atoms with Crippen molar-refractivity contribution in [1.29, 1.82) is 0 Å². The summed E-state index contributed by atoms with van der Waals surface area (Å²) in [5.74, 6) is -0.0604. The fourth-order valence-electron chi connectivity index (χ4n) is 1.47. The third-order valence-electron chi connectivity index (χ3n) is 2.20. The number of methoxy groups -OCH3 is 1. The number of hydrogen-bond acceptors (Lipinski definition) is 4. The number of ether oxygens (including phenoxy) is 1. The maximum absolute atomic E-state index is 11.5. The van der Waals surface area contributed by atoms with Gasteiger partial charge in [0.1, 0.15) is 5.75 Å². The molecule has 0 spiro atoms. The molecular formula is C13H18O4Si. The minimum absolute atomic E-state index is 0.0836. The van der Waals surface area contributed by atoms with E-state index in [0.717, 1.165) is 0 Å². The van der Waals surface area contributed by atoms with Crippen LogP contribution >= 0.6 is 0 Å². The summed E-state index contributed by atoms with van der Waals surface area (Å²) in [5, 5.41) is 0. The number of rotatable bonds is 4. The topological polar surface area (TPSA) is 52.6 Å². The molecule has 1 aromatic carbocycles. The van der Waals surface area contributed by atoms with Crippen LogP contribution in [0.4, 0.5) is 0 Å². The molecule has 1 aromatic rings. The van der Waals surface area contributed by atoms with E-state index in [1.165, 1.54) is 14.0 Å². The van der Waals surface area contributed by atoms with Crippen molar-refractivity contribution in [2.75, 3.05) is 7.11 Å². The van der Waals surface area contributed by atoms with Crippen LogP contribution in [0.5, 0.6) is 5.75 Å². The van der Waals surface area contributed by atoms with E-state index in [1.54, 1.807) is 18.2 Å². The van der Waals surface area contributed by atoms with Gasteiger partial charge in [-0.3, -0.25) is 4.79 Å². The van der Waals surface area contributed by atoms with Gasteiger partial charge >= 0.3 is 5.97 Å². The van der Waals surface area contributed by atoms with Crippen LogP contribution in [-0.4, -0.2) is 27.2 Å². The first-order valence-electron chi connectivity index (χ1n) is 5.67. The molecule has 0 aliphatic heterocycles. The van der Waals surface area contributed by atoms with Crippen LogP contribution in [0.15, 0.2) is 18.2 Å². The summed E-state index contributed by atoms with van der Waals surface area (Å²) in [5.41, 5.74) is 0.876. The summed E-state index contributed by atoms with van der Waals surface area (Å²) < 4.78 is 10.5. The Kier molecular flexibility index (Phi) is 4.29. The molecule has 0 saturated heterocycles. The highest BCUT2D eigenvalue weighted by molar-refractivity contribution is 6.70. The SMILES string of the molecule is COC(=O)c1ccc(C(C)=O)c(O[Si](C)(C)C)c1. The molecule has 0 aliphatic rings. The minimum atomic E-state index is -1.85. The van der Waals surface area contributed by atoms with Crippen LogP contribution in [0.2, 0.25) is 19.6 Å². The zero-order valence-electron chi connectivity index (χ0n) is 11.4. The van der Waals surface area contributed by atoms with Gasteiger partial charge in [0.2, 0.25) is 8.32 Å². The molecule has 0 N–H and O–H groups in total. The lowest BCUT2D eigenvalue weighted by atomic mass is 10.1. The fourth-order valence-corrected chi connectivity index (χ4v) is 2.30. The van der Waals surface area contributed by atoms with Crippen molar-refractivity contribution in [1.82, 2.24) is 0 Å². The van der Waals surface area contributed by atoms with Gasteiger partial charge in [-0.1, -0.05) is 0 Å². The third kappa shape index (κ3) is 3.70. The summed E-state index contributed by atoms with van der Waals surface area (Å²) in [6.45, 7) is 7.52. The first-order chi connectivity index (χ1) is 8.24. The molecule has 18 heavy (non-hydrogen) atoms. The fraction of sp³-hybridized carbons (Fsp3) is 0.385. The average Bonchev–Trinajstić information content (AvgIpc) is 2.25. The van der Waals surface area contributed by atoms with Gasteiger partial charge in [0.05, 0.1) is 18.2 Å². The van der Waals surface area contributed by atoms with Gasteiger partial charge in [-0.15, -0.1) is 0 Å². The molecule has 1 rings (SSSR count). The highest BCUT2D eigenvalue weighted by atomic mass is 28.4. The number of Topliss-reactive ketones (excluding diaryl/α,β-unsaturated/α-hetero) is 1. The Morgan fingerprint density at radius 1 is 1.17 bits per heavy atom. The van der Waals surface area contributed by atoms with Crippen LogP contribution in [-0.2, 0) is 4.74 Å². The van der Waals surface area contributed by atoms with Crippen molar-refractivity contribution in [2.24, 2.45) is 0 Å². The van der Waals surface area contributed by atoms with Gasteiger partial charge in [-0.25, -0.2) is 4.79 Å². The molecule has 0 amide bonds. The molecule has 98 valence electrons. The molecule has 0 atom stereocenters. The monoisotopic (exact) mass is 266 g/mol. The summed E-state index contributed by atoms with van der Waals surface area (Å²) in [6.07, 6.45) is 0. The Balaban J connectivity index is 3.24. The first-order valence-corrected chi connectivity index (χ1v) is 9.08. The molecule has 0 aliphatic carbocycles. The van der Waals surface area contributed by atoms with Gasteiger partial charge in [0, 0.05) is 0 Å². The van der Waals surface area contributed by atoms with Crippen molar-refractivity contribution in [2.45, 2.75) is 26.6 Å². The second-order valence-electron chi connectivity index (χ2n) is 4.97. The van der Waals surface area contributed by atoms with Crippen molar-refractivity contribution in [3.05, 3.63) is 29.3 Å². The van der Waals surface area contributed by atoms with Gasteiger partial charge < -0.3 is 9.16 Å². The van der Waals surface area contributed by atoms with Gasteiger partial charge in [0.25, 0.3) is 0 Å². The number of esters is 1. The maximum Gasteiger partial charge on any atom is 0.337 e. The maximum atomic E-state index is 11.5. The van der Waals surface area contributed by atoms with Gasteiger partial charge in [-0.2, -0.15) is 0 Å². The van der Waals surface area contributed by atoms with E-state index < -0.39 is 14.3 Å². The molecule has 0 fully saturated rings. The van der Waals surface area contributed by atoms with Crippen molar-refractivity contribution < 1.29 is 18.8 Å². The lowest BCUT2D eigenvalue weighted by molar-refractivity contribution is 0.0600. The number of ketones is 1. The quantitative estimate of drug-likeness (QED) is 0.477. The number of hydrogen-bond donors (Lipinski definition) is 0. The predicted molar refractivity (Wildman–Crippen MR) is 71.8 cm³/mol. The van der Waals surface area contributed by atoms with Gasteiger partial charge in [0.15, 0.2) is 5.78 Å². The molecule has 0 heterocycles. The van der Waals surface area contributed by atoms with E-state index in [4.69, 9.17) is 4.43 Å². The molecular weight excluding hydrogens is 248 g/mol. The molecule has 0 bridgehead atoms. The highest BCUT2D eigenvalue weighted by Crippen LogP contribution is 2.24. The zero-order chi connectivity index (χ0) is 13.9. The van der Waals surface area contributed by atoms with E-state index in [-0.39, 0.29) is 5.78 Å². The van der Waals surface area contributed by atoms with Crippen molar-refractivity contribution in [3.8, 4) is 5.75 Å². The van der Waals surface area contributed by atoms with E-state index in [0.29, 0.717) is 16.9 Å². The smallest absolute Gasteiger partial charge is 0.337 e. The van der Waals surface area contributed by atoms with Crippen LogP contribution in [0, 0.1) is 0 Å². The average molecular weight is 266 g/mol. The number of benzene rings is 1. The van der Waals surface area contributed by atoms with Crippen LogP contribution < -0.4 is 4.43 Å². The third-order valence-corrected chi connectivity index (χ3v) is 3.03. The second-order valence-corrected chi connectivity index (χ2v) is 9.40. The Morgan fingerprint density at radius 3 is 2.22 bits per heavy atom. The van der Waals surface area contributed by atoms with Gasteiger partial charge in [-0.05, 0) is 44.8 Å². The van der Waals surface area contributed by atoms with Crippen LogP contribution in [0.1, 0.15) is 27.6 Å². The number of carbonyl (C=O) groups excluding carboxylic acids is 2.